The number of hydrogen-bond acceptors (Lipinski definition) is 1. The topological polar surface area (TPSA) is 24.2 Å². The van der Waals surface area contributed by atoms with Crippen LogP contribution in [0.15, 0.2) is 12.3 Å². The van der Waals surface area contributed by atoms with Gasteiger partial charge in [0.25, 0.3) is 5.91 Å². The van der Waals surface area contributed by atoms with E-state index in [1.54, 1.807) is 19.0 Å². The Morgan fingerprint density at radius 1 is 1.36 bits per heavy atom. The van der Waals surface area contributed by atoms with E-state index in [2.05, 4.69) is 0 Å². The molecular weight excluding hydrogens is 176 g/mol. The van der Waals surface area contributed by atoms with Gasteiger partial charge >= 0.3 is 0 Å². The number of aryl methyl sites for hydroxylation is 2. The number of rotatable bonds is 1. The average molecular weight is 193 g/mol. The largest absolute Gasteiger partial charge is 0.345 e. The van der Waals surface area contributed by atoms with Crippen LogP contribution in [0.2, 0.25) is 0 Å². The molecule has 1 aromatic heterocycles. The molecule has 0 aliphatic heterocycles. The first-order valence-corrected chi connectivity index (χ1v) is 4.62. The molecule has 0 aromatic carbocycles. The SMILES string of the molecule is Cc1cc[n+](C)c(C)c1C(=O)N(C)C. The van der Waals surface area contributed by atoms with Crippen LogP contribution in [-0.4, -0.2) is 24.9 Å². The number of nitrogens with zero attached hydrogens (tertiary/aromatic N) is 2. The summed E-state index contributed by atoms with van der Waals surface area (Å²) < 4.78 is 1.96. The summed E-state index contributed by atoms with van der Waals surface area (Å²) in [7, 11) is 5.49. The molecule has 0 saturated carbocycles. The van der Waals surface area contributed by atoms with E-state index < -0.39 is 0 Å². The maximum Gasteiger partial charge on any atom is 0.259 e. The molecule has 1 aromatic rings. The standard InChI is InChI=1S/C11H17N2O/c1-8-6-7-13(5)9(2)10(8)11(14)12(3)4/h6-7H,1-5H3/q+1. The minimum atomic E-state index is 0.0659. The molecule has 0 bridgehead atoms. The van der Waals surface area contributed by atoms with E-state index in [9.17, 15) is 4.79 Å². The van der Waals surface area contributed by atoms with E-state index >= 15 is 0 Å². The Balaban J connectivity index is 3.33. The second-order valence-electron chi connectivity index (χ2n) is 3.77. The van der Waals surface area contributed by atoms with Crippen LogP contribution in [0.25, 0.3) is 0 Å². The van der Waals surface area contributed by atoms with Crippen LogP contribution >= 0.6 is 0 Å². The number of hydrogen-bond donors (Lipinski definition) is 0. The van der Waals surface area contributed by atoms with Gasteiger partial charge in [0.15, 0.2) is 11.9 Å². The van der Waals surface area contributed by atoms with Gasteiger partial charge in [-0.3, -0.25) is 4.79 Å². The normalized spacial score (nSPS) is 10.1. The van der Waals surface area contributed by atoms with Crippen molar-refractivity contribution in [3.63, 3.8) is 0 Å². The second kappa shape index (κ2) is 3.78. The van der Waals surface area contributed by atoms with Gasteiger partial charge in [-0.1, -0.05) is 0 Å². The Morgan fingerprint density at radius 2 is 1.93 bits per heavy atom. The number of amides is 1. The molecule has 1 rings (SSSR count). The van der Waals surface area contributed by atoms with Crippen LogP contribution in [0.5, 0.6) is 0 Å². The second-order valence-corrected chi connectivity index (χ2v) is 3.77. The summed E-state index contributed by atoms with van der Waals surface area (Å²) in [6.45, 7) is 3.92. The highest BCUT2D eigenvalue weighted by molar-refractivity contribution is 5.95. The Morgan fingerprint density at radius 3 is 2.43 bits per heavy atom. The zero-order valence-electron chi connectivity index (χ0n) is 9.46. The van der Waals surface area contributed by atoms with Crippen LogP contribution in [0.4, 0.5) is 0 Å². The molecule has 3 nitrogen and oxygen atoms in total. The average Bonchev–Trinajstić information content (AvgIpc) is 2.12. The Kier molecular flexibility index (Phi) is 2.89. The smallest absolute Gasteiger partial charge is 0.259 e. The zero-order valence-corrected chi connectivity index (χ0v) is 9.46. The van der Waals surface area contributed by atoms with Gasteiger partial charge in [-0.2, -0.15) is 0 Å². The molecule has 0 radical (unpaired) electrons. The minimum Gasteiger partial charge on any atom is -0.345 e. The van der Waals surface area contributed by atoms with Crippen molar-refractivity contribution in [2.75, 3.05) is 14.1 Å². The fourth-order valence-corrected chi connectivity index (χ4v) is 1.43. The molecule has 3 heteroatoms. The highest BCUT2D eigenvalue weighted by Gasteiger charge is 2.19. The zero-order chi connectivity index (χ0) is 10.9. The summed E-state index contributed by atoms with van der Waals surface area (Å²) >= 11 is 0. The predicted molar refractivity (Wildman–Crippen MR) is 55.1 cm³/mol. The maximum atomic E-state index is 11.9. The molecule has 0 aliphatic rings. The van der Waals surface area contributed by atoms with E-state index in [1.807, 2.05) is 37.7 Å². The molecule has 1 amide bonds. The first-order valence-electron chi connectivity index (χ1n) is 4.62. The lowest BCUT2D eigenvalue weighted by atomic mass is 10.1. The molecule has 14 heavy (non-hydrogen) atoms. The number of pyridine rings is 1. The van der Waals surface area contributed by atoms with Crippen molar-refractivity contribution in [2.24, 2.45) is 7.05 Å². The quantitative estimate of drug-likeness (QED) is 0.606. The Labute approximate surface area is 85.0 Å². The molecule has 76 valence electrons. The summed E-state index contributed by atoms with van der Waals surface area (Å²) in [5, 5.41) is 0. The summed E-state index contributed by atoms with van der Waals surface area (Å²) in [5.74, 6) is 0.0659. The molecular formula is C11H17N2O+. The summed E-state index contributed by atoms with van der Waals surface area (Å²) in [5.41, 5.74) is 2.84. The van der Waals surface area contributed by atoms with Gasteiger partial charge in [0, 0.05) is 27.1 Å². The van der Waals surface area contributed by atoms with Crippen molar-refractivity contribution in [2.45, 2.75) is 13.8 Å². The van der Waals surface area contributed by atoms with Gasteiger partial charge in [-0.05, 0) is 12.5 Å². The van der Waals surface area contributed by atoms with Crippen molar-refractivity contribution in [1.82, 2.24) is 4.90 Å². The lowest BCUT2D eigenvalue weighted by Gasteiger charge is -2.12. The van der Waals surface area contributed by atoms with Gasteiger partial charge in [-0.25, -0.2) is 4.57 Å². The number of aromatic nitrogens is 1. The first kappa shape index (κ1) is 10.7. The van der Waals surface area contributed by atoms with Crippen molar-refractivity contribution < 1.29 is 9.36 Å². The van der Waals surface area contributed by atoms with E-state index in [4.69, 9.17) is 0 Å². The molecule has 0 spiro atoms. The Bertz CT molecular complexity index is 370. The molecule has 0 N–H and O–H groups in total. The van der Waals surface area contributed by atoms with E-state index in [-0.39, 0.29) is 5.91 Å². The van der Waals surface area contributed by atoms with Gasteiger partial charge in [-0.15, -0.1) is 0 Å². The third kappa shape index (κ3) is 1.76. The molecule has 1 heterocycles. The molecule has 0 fully saturated rings. The predicted octanol–water partition coefficient (Wildman–Crippen LogP) is 0.830. The molecule has 0 saturated heterocycles. The van der Waals surface area contributed by atoms with E-state index in [1.165, 1.54) is 0 Å². The number of carbonyl (C=O) groups excluding carboxylic acids is 1. The maximum absolute atomic E-state index is 11.9. The highest BCUT2D eigenvalue weighted by atomic mass is 16.2. The van der Waals surface area contributed by atoms with Crippen molar-refractivity contribution in [3.8, 4) is 0 Å². The minimum absolute atomic E-state index is 0.0659. The molecule has 0 unspecified atom stereocenters. The summed E-state index contributed by atoms with van der Waals surface area (Å²) in [6.07, 6.45) is 1.97. The van der Waals surface area contributed by atoms with Crippen LogP contribution in [0.1, 0.15) is 21.6 Å². The lowest BCUT2D eigenvalue weighted by Crippen LogP contribution is -2.36. The van der Waals surface area contributed by atoms with Crippen LogP contribution in [-0.2, 0) is 7.05 Å². The number of carbonyl (C=O) groups is 1. The third-order valence-electron chi connectivity index (χ3n) is 2.45. The Hall–Kier alpha value is -1.38. The van der Waals surface area contributed by atoms with Gasteiger partial charge in [0.1, 0.15) is 12.6 Å². The highest BCUT2D eigenvalue weighted by Crippen LogP contribution is 2.10. The first-order chi connectivity index (χ1) is 6.45. The third-order valence-corrected chi connectivity index (χ3v) is 2.45. The summed E-state index contributed by atoms with van der Waals surface area (Å²) in [4.78, 5) is 13.5. The van der Waals surface area contributed by atoms with Crippen molar-refractivity contribution in [1.29, 1.82) is 0 Å². The summed E-state index contributed by atoms with van der Waals surface area (Å²) in [6, 6.07) is 1.96. The van der Waals surface area contributed by atoms with E-state index in [0.717, 1.165) is 16.8 Å². The molecule has 0 atom stereocenters. The van der Waals surface area contributed by atoms with E-state index in [0.29, 0.717) is 0 Å². The monoisotopic (exact) mass is 193 g/mol. The van der Waals surface area contributed by atoms with Crippen molar-refractivity contribution >= 4 is 5.91 Å². The lowest BCUT2D eigenvalue weighted by molar-refractivity contribution is -0.677. The van der Waals surface area contributed by atoms with Gasteiger partial charge in [0.2, 0.25) is 0 Å². The molecule has 0 aliphatic carbocycles. The van der Waals surface area contributed by atoms with Crippen LogP contribution in [0, 0.1) is 13.8 Å². The van der Waals surface area contributed by atoms with Crippen LogP contribution < -0.4 is 4.57 Å². The van der Waals surface area contributed by atoms with Gasteiger partial charge in [0.05, 0.1) is 0 Å². The fourth-order valence-electron chi connectivity index (χ4n) is 1.43. The van der Waals surface area contributed by atoms with Crippen molar-refractivity contribution in [3.05, 3.63) is 29.1 Å². The fraction of sp³-hybridized carbons (Fsp3) is 0.455. The van der Waals surface area contributed by atoms with Crippen LogP contribution in [0.3, 0.4) is 0 Å². The van der Waals surface area contributed by atoms with Gasteiger partial charge < -0.3 is 4.90 Å².